The van der Waals surface area contributed by atoms with Gasteiger partial charge in [-0.1, -0.05) is 48.7 Å². The van der Waals surface area contributed by atoms with E-state index < -0.39 is 0 Å². The molecule has 1 aromatic carbocycles. The third kappa shape index (κ3) is 2.70. The second-order valence-corrected chi connectivity index (χ2v) is 4.62. The van der Waals surface area contributed by atoms with Gasteiger partial charge in [0.25, 0.3) is 0 Å². The third-order valence-corrected chi connectivity index (χ3v) is 3.55. The molecule has 0 spiro atoms. The second kappa shape index (κ2) is 5.89. The predicted octanol–water partition coefficient (Wildman–Crippen LogP) is 2.80. The molecule has 17 heavy (non-hydrogen) atoms. The minimum Gasteiger partial charge on any atom is -0.306 e. The minimum atomic E-state index is 0.219. The van der Waals surface area contributed by atoms with Crippen LogP contribution in [-0.2, 0) is 6.42 Å². The number of hydrogen-bond acceptors (Lipinski definition) is 4. The molecule has 90 valence electrons. The summed E-state index contributed by atoms with van der Waals surface area (Å²) in [4.78, 5) is 1.24. The van der Waals surface area contributed by atoms with Crippen LogP contribution in [-0.4, -0.2) is 16.1 Å². The maximum absolute atomic E-state index is 4.19. The van der Waals surface area contributed by atoms with Crippen LogP contribution >= 0.6 is 11.5 Å². The van der Waals surface area contributed by atoms with Crippen LogP contribution < -0.4 is 5.32 Å². The van der Waals surface area contributed by atoms with E-state index in [1.165, 1.54) is 22.0 Å². The summed E-state index contributed by atoms with van der Waals surface area (Å²) in [5, 5.41) is 7.70. The van der Waals surface area contributed by atoms with Crippen molar-refractivity contribution < 1.29 is 0 Å². The molecule has 0 saturated heterocycles. The molecule has 0 radical (unpaired) electrons. The summed E-state index contributed by atoms with van der Waals surface area (Å²) in [5.41, 5.74) is 2.37. The van der Waals surface area contributed by atoms with Gasteiger partial charge in [0.1, 0.15) is 0 Å². The normalized spacial score (nSPS) is 12.6. The molecule has 0 bridgehead atoms. The van der Waals surface area contributed by atoms with E-state index in [0.29, 0.717) is 0 Å². The van der Waals surface area contributed by atoms with Gasteiger partial charge in [-0.3, -0.25) is 0 Å². The number of rotatable bonds is 5. The first kappa shape index (κ1) is 12.2. The molecule has 1 unspecified atom stereocenters. The van der Waals surface area contributed by atoms with Crippen molar-refractivity contribution in [3.05, 3.63) is 46.5 Å². The van der Waals surface area contributed by atoms with Crippen molar-refractivity contribution in [1.29, 1.82) is 0 Å². The standard InChI is InChI=1S/C13H17N3S/c1-3-11-13(17-16-15-11)12(14-4-2)10-8-6-5-7-9-10/h5-9,12,14H,3-4H2,1-2H3. The van der Waals surface area contributed by atoms with Crippen LogP contribution in [0.15, 0.2) is 30.3 Å². The molecule has 0 aliphatic heterocycles. The summed E-state index contributed by atoms with van der Waals surface area (Å²) in [6.07, 6.45) is 0.931. The van der Waals surface area contributed by atoms with Crippen LogP contribution in [0.4, 0.5) is 0 Å². The fourth-order valence-electron chi connectivity index (χ4n) is 1.89. The number of hydrogen-bond donors (Lipinski definition) is 1. The fourth-order valence-corrected chi connectivity index (χ4v) is 2.73. The van der Waals surface area contributed by atoms with Gasteiger partial charge in [-0.2, -0.15) is 0 Å². The zero-order valence-corrected chi connectivity index (χ0v) is 11.0. The maximum Gasteiger partial charge on any atom is 0.0804 e. The van der Waals surface area contributed by atoms with Crippen molar-refractivity contribution in [3.63, 3.8) is 0 Å². The highest BCUT2D eigenvalue weighted by Crippen LogP contribution is 2.27. The third-order valence-electron chi connectivity index (χ3n) is 2.72. The van der Waals surface area contributed by atoms with Crippen LogP contribution in [0, 0.1) is 0 Å². The number of nitrogens with one attached hydrogen (secondary N) is 1. The Balaban J connectivity index is 2.36. The second-order valence-electron chi connectivity index (χ2n) is 3.84. The summed E-state index contributed by atoms with van der Waals surface area (Å²) in [6, 6.07) is 10.7. The monoisotopic (exact) mass is 247 g/mol. The highest BCUT2D eigenvalue weighted by atomic mass is 32.1. The lowest BCUT2D eigenvalue weighted by Gasteiger charge is -2.17. The average Bonchev–Trinajstić information content (AvgIpc) is 2.85. The summed E-state index contributed by atoms with van der Waals surface area (Å²) >= 11 is 1.49. The first-order valence-corrected chi connectivity index (χ1v) is 6.73. The molecule has 1 atom stereocenters. The van der Waals surface area contributed by atoms with Crippen molar-refractivity contribution in [1.82, 2.24) is 14.9 Å². The van der Waals surface area contributed by atoms with Gasteiger partial charge in [-0.25, -0.2) is 0 Å². The molecule has 1 aromatic heterocycles. The molecule has 2 rings (SSSR count). The number of aryl methyl sites for hydroxylation is 1. The summed E-state index contributed by atoms with van der Waals surface area (Å²) in [5.74, 6) is 0. The fraction of sp³-hybridized carbons (Fsp3) is 0.385. The largest absolute Gasteiger partial charge is 0.306 e. The van der Waals surface area contributed by atoms with Gasteiger partial charge in [0.2, 0.25) is 0 Å². The Hall–Kier alpha value is -1.26. The molecule has 4 heteroatoms. The highest BCUT2D eigenvalue weighted by molar-refractivity contribution is 7.05. The minimum absolute atomic E-state index is 0.219. The lowest BCUT2D eigenvalue weighted by atomic mass is 10.0. The van der Waals surface area contributed by atoms with E-state index in [1.807, 2.05) is 6.07 Å². The molecular formula is C13H17N3S. The average molecular weight is 247 g/mol. The smallest absolute Gasteiger partial charge is 0.0804 e. The van der Waals surface area contributed by atoms with E-state index in [1.54, 1.807) is 0 Å². The lowest BCUT2D eigenvalue weighted by Crippen LogP contribution is -2.22. The molecular weight excluding hydrogens is 230 g/mol. The van der Waals surface area contributed by atoms with Crippen molar-refractivity contribution >= 4 is 11.5 Å². The van der Waals surface area contributed by atoms with E-state index in [4.69, 9.17) is 0 Å². The quantitative estimate of drug-likeness (QED) is 0.883. The molecule has 2 aromatic rings. The van der Waals surface area contributed by atoms with Gasteiger partial charge >= 0.3 is 0 Å². The molecule has 0 aliphatic rings. The predicted molar refractivity (Wildman–Crippen MR) is 71.2 cm³/mol. The van der Waals surface area contributed by atoms with Gasteiger partial charge in [0.15, 0.2) is 0 Å². The van der Waals surface area contributed by atoms with Crippen LogP contribution in [0.5, 0.6) is 0 Å². The van der Waals surface area contributed by atoms with Crippen molar-refractivity contribution in [2.24, 2.45) is 0 Å². The topological polar surface area (TPSA) is 37.8 Å². The van der Waals surface area contributed by atoms with E-state index in [2.05, 4.69) is 53.0 Å². The highest BCUT2D eigenvalue weighted by Gasteiger charge is 2.18. The summed E-state index contributed by atoms with van der Waals surface area (Å²) in [7, 11) is 0. The van der Waals surface area contributed by atoms with Gasteiger partial charge < -0.3 is 5.32 Å². The number of aromatic nitrogens is 2. The first-order chi connectivity index (χ1) is 8.36. The summed E-state index contributed by atoms with van der Waals surface area (Å²) in [6.45, 7) is 5.17. The van der Waals surface area contributed by atoms with Crippen LogP contribution in [0.25, 0.3) is 0 Å². The van der Waals surface area contributed by atoms with Crippen molar-refractivity contribution in [2.45, 2.75) is 26.3 Å². The Morgan fingerprint density at radius 2 is 2.00 bits per heavy atom. The molecule has 3 nitrogen and oxygen atoms in total. The van der Waals surface area contributed by atoms with Gasteiger partial charge in [0.05, 0.1) is 16.6 Å². The maximum atomic E-state index is 4.19. The Morgan fingerprint density at radius 3 is 2.65 bits per heavy atom. The lowest BCUT2D eigenvalue weighted by molar-refractivity contribution is 0.633. The zero-order valence-electron chi connectivity index (χ0n) is 10.2. The molecule has 0 amide bonds. The Bertz CT molecular complexity index is 453. The molecule has 1 heterocycles. The van der Waals surface area contributed by atoms with E-state index in [9.17, 15) is 0 Å². The van der Waals surface area contributed by atoms with Crippen molar-refractivity contribution in [3.8, 4) is 0 Å². The van der Waals surface area contributed by atoms with Crippen molar-refractivity contribution in [2.75, 3.05) is 6.54 Å². The molecule has 1 N–H and O–H groups in total. The van der Waals surface area contributed by atoms with E-state index in [0.717, 1.165) is 18.7 Å². The van der Waals surface area contributed by atoms with Crippen LogP contribution in [0.1, 0.15) is 36.0 Å². The number of benzene rings is 1. The molecule has 0 fully saturated rings. The Labute approximate surface area is 106 Å². The Morgan fingerprint density at radius 1 is 1.24 bits per heavy atom. The molecule has 0 aliphatic carbocycles. The van der Waals surface area contributed by atoms with E-state index in [-0.39, 0.29) is 6.04 Å². The van der Waals surface area contributed by atoms with Crippen LogP contribution in [0.2, 0.25) is 0 Å². The summed E-state index contributed by atoms with van der Waals surface area (Å²) < 4.78 is 4.07. The Kier molecular flexibility index (Phi) is 4.23. The number of nitrogens with zero attached hydrogens (tertiary/aromatic N) is 2. The van der Waals surface area contributed by atoms with Crippen LogP contribution in [0.3, 0.4) is 0 Å². The zero-order chi connectivity index (χ0) is 12.1. The van der Waals surface area contributed by atoms with E-state index >= 15 is 0 Å². The first-order valence-electron chi connectivity index (χ1n) is 5.96. The SMILES string of the molecule is CCNC(c1ccccc1)c1snnc1CC. The van der Waals surface area contributed by atoms with Gasteiger partial charge in [-0.05, 0) is 30.1 Å². The van der Waals surface area contributed by atoms with Gasteiger partial charge in [-0.15, -0.1) is 5.10 Å². The molecule has 0 saturated carbocycles. The van der Waals surface area contributed by atoms with Gasteiger partial charge in [0, 0.05) is 0 Å².